The van der Waals surface area contributed by atoms with E-state index < -0.39 is 0 Å². The van der Waals surface area contributed by atoms with Crippen LogP contribution in [-0.4, -0.2) is 40.4 Å². The van der Waals surface area contributed by atoms with Gasteiger partial charge in [0.15, 0.2) is 0 Å². The molecule has 1 aliphatic heterocycles. The van der Waals surface area contributed by atoms with Crippen molar-refractivity contribution in [2.45, 2.75) is 45.2 Å². The van der Waals surface area contributed by atoms with Crippen LogP contribution in [0.15, 0.2) is 40.5 Å². The number of hydrogen-bond donors (Lipinski definition) is 1. The molecule has 1 aromatic heterocycles. The van der Waals surface area contributed by atoms with Crippen LogP contribution in [0.4, 0.5) is 0 Å². The minimum Gasteiger partial charge on any atom is -0.353 e. The average molecular weight is 388 g/mol. The molecule has 1 N–H and O–H groups in total. The highest BCUT2D eigenvalue weighted by Crippen LogP contribution is 2.14. The minimum absolute atomic E-state index is 0.0174. The van der Waals surface area contributed by atoms with Crippen LogP contribution in [0.3, 0.4) is 0 Å². The number of nitrogens with one attached hydrogen (secondary N) is 1. The molecule has 144 valence electrons. The maximum absolute atomic E-state index is 12.4. The molecule has 0 atom stereocenters. The van der Waals surface area contributed by atoms with Crippen LogP contribution < -0.4 is 10.2 Å². The van der Waals surface area contributed by atoms with Gasteiger partial charge >= 0.3 is 4.87 Å². The number of hydrogen-bond acceptors (Lipinski definition) is 4. The van der Waals surface area contributed by atoms with Crippen LogP contribution in [-0.2, 0) is 11.3 Å². The number of rotatable bonds is 6. The molecule has 6 nitrogen and oxygen atoms in total. The molecule has 0 bridgehead atoms. The van der Waals surface area contributed by atoms with E-state index in [0.29, 0.717) is 38.0 Å². The van der Waals surface area contributed by atoms with E-state index in [-0.39, 0.29) is 22.7 Å². The van der Waals surface area contributed by atoms with Crippen LogP contribution in [0.25, 0.3) is 0 Å². The number of amides is 2. The zero-order valence-corrected chi connectivity index (χ0v) is 16.3. The fourth-order valence-corrected chi connectivity index (χ4v) is 4.12. The molecule has 1 saturated heterocycles. The number of nitrogens with zero attached hydrogens (tertiary/aromatic N) is 2. The molecule has 0 aliphatic carbocycles. The van der Waals surface area contributed by atoms with Crippen LogP contribution in [0.5, 0.6) is 0 Å². The van der Waals surface area contributed by atoms with Crippen LogP contribution >= 0.6 is 11.3 Å². The lowest BCUT2D eigenvalue weighted by atomic mass is 10.0. The zero-order chi connectivity index (χ0) is 19.2. The molecule has 0 unspecified atom stereocenters. The van der Waals surface area contributed by atoms with Crippen LogP contribution in [0.2, 0.25) is 0 Å². The molecule has 2 aromatic rings. The van der Waals surface area contributed by atoms with Crippen molar-refractivity contribution in [3.8, 4) is 0 Å². The molecule has 2 amide bonds. The first-order valence-corrected chi connectivity index (χ1v) is 10.2. The van der Waals surface area contributed by atoms with Gasteiger partial charge in [-0.2, -0.15) is 0 Å². The monoisotopic (exact) mass is 387 g/mol. The summed E-state index contributed by atoms with van der Waals surface area (Å²) in [5.41, 5.74) is 1.65. The summed E-state index contributed by atoms with van der Waals surface area (Å²) in [6.45, 7) is 3.79. The predicted octanol–water partition coefficient (Wildman–Crippen LogP) is 2.42. The summed E-state index contributed by atoms with van der Waals surface area (Å²) in [5.74, 6) is 0.0701. The van der Waals surface area contributed by atoms with Crippen molar-refractivity contribution in [3.05, 3.63) is 56.6 Å². The third kappa shape index (κ3) is 5.07. The molecular formula is C20H25N3O3S. The van der Waals surface area contributed by atoms with Gasteiger partial charge in [0.2, 0.25) is 5.91 Å². The van der Waals surface area contributed by atoms with Crippen molar-refractivity contribution in [1.82, 2.24) is 14.8 Å². The largest absolute Gasteiger partial charge is 0.353 e. The number of benzene rings is 1. The number of aromatic nitrogens is 1. The van der Waals surface area contributed by atoms with Gasteiger partial charge < -0.3 is 14.8 Å². The molecule has 1 fully saturated rings. The van der Waals surface area contributed by atoms with Gasteiger partial charge in [0.05, 0.1) is 0 Å². The highest BCUT2D eigenvalue weighted by atomic mass is 32.1. The Morgan fingerprint density at radius 1 is 1.19 bits per heavy atom. The summed E-state index contributed by atoms with van der Waals surface area (Å²) in [5, 5.41) is 4.91. The first kappa shape index (κ1) is 19.4. The molecule has 3 rings (SSSR count). The summed E-state index contributed by atoms with van der Waals surface area (Å²) in [6, 6.07) is 9.41. The summed E-state index contributed by atoms with van der Waals surface area (Å²) < 4.78 is 1.71. The van der Waals surface area contributed by atoms with Gasteiger partial charge in [0, 0.05) is 48.7 Å². The Bertz CT molecular complexity index is 836. The van der Waals surface area contributed by atoms with Crippen LogP contribution in [0, 0.1) is 6.92 Å². The molecule has 7 heteroatoms. The van der Waals surface area contributed by atoms with Gasteiger partial charge in [-0.15, -0.1) is 0 Å². The fraction of sp³-hybridized carbons (Fsp3) is 0.450. The lowest BCUT2D eigenvalue weighted by Crippen LogP contribution is -2.46. The van der Waals surface area contributed by atoms with E-state index >= 15 is 0 Å². The van der Waals surface area contributed by atoms with Gasteiger partial charge in [-0.3, -0.25) is 14.4 Å². The maximum Gasteiger partial charge on any atom is 0.307 e. The highest BCUT2D eigenvalue weighted by Gasteiger charge is 2.24. The van der Waals surface area contributed by atoms with Gasteiger partial charge in [-0.1, -0.05) is 29.5 Å². The average Bonchev–Trinajstić information content (AvgIpc) is 3.01. The summed E-state index contributed by atoms with van der Waals surface area (Å²) in [4.78, 5) is 38.2. The minimum atomic E-state index is 0.0174. The second kappa shape index (κ2) is 8.99. The van der Waals surface area contributed by atoms with Crippen molar-refractivity contribution in [2.24, 2.45) is 0 Å². The van der Waals surface area contributed by atoms with E-state index in [1.54, 1.807) is 4.57 Å². The number of carbonyl (C=O) groups is 2. The SMILES string of the molecule is Cc1csc(=O)n1CCCC(=O)NC1CCN(C(=O)c2ccccc2)CC1. The van der Waals surface area contributed by atoms with E-state index in [1.807, 2.05) is 47.5 Å². The molecule has 0 spiro atoms. The van der Waals surface area contributed by atoms with Crippen molar-refractivity contribution in [1.29, 1.82) is 0 Å². The molecule has 2 heterocycles. The Balaban J connectivity index is 1.39. The number of carbonyl (C=O) groups excluding carboxylic acids is 2. The predicted molar refractivity (Wildman–Crippen MR) is 106 cm³/mol. The maximum atomic E-state index is 12.4. The summed E-state index contributed by atoms with van der Waals surface area (Å²) in [7, 11) is 0. The molecule has 27 heavy (non-hydrogen) atoms. The van der Waals surface area contributed by atoms with Crippen molar-refractivity contribution >= 4 is 23.2 Å². The zero-order valence-electron chi connectivity index (χ0n) is 15.5. The third-order valence-corrected chi connectivity index (χ3v) is 5.81. The number of aryl methyl sites for hydroxylation is 1. The second-order valence-corrected chi connectivity index (χ2v) is 7.72. The van der Waals surface area contributed by atoms with Gasteiger partial charge in [0.25, 0.3) is 5.91 Å². The Morgan fingerprint density at radius 2 is 1.89 bits per heavy atom. The number of piperidine rings is 1. The smallest absolute Gasteiger partial charge is 0.307 e. The number of thiazole rings is 1. The Morgan fingerprint density at radius 3 is 2.52 bits per heavy atom. The molecular weight excluding hydrogens is 362 g/mol. The normalized spacial score (nSPS) is 14.9. The standard InChI is InChI=1S/C20H25N3O3S/c1-15-14-27-20(26)23(15)11-5-8-18(24)21-17-9-12-22(13-10-17)19(25)16-6-3-2-4-7-16/h2-4,6-7,14,17H,5,8-13H2,1H3,(H,21,24). The summed E-state index contributed by atoms with van der Waals surface area (Å²) in [6.07, 6.45) is 2.60. The van der Waals surface area contributed by atoms with Crippen molar-refractivity contribution < 1.29 is 9.59 Å². The lowest BCUT2D eigenvalue weighted by Gasteiger charge is -2.32. The fourth-order valence-electron chi connectivity index (χ4n) is 3.36. The first-order valence-electron chi connectivity index (χ1n) is 9.33. The van der Waals surface area contributed by atoms with Gasteiger partial charge in [-0.25, -0.2) is 0 Å². The Kier molecular flexibility index (Phi) is 6.45. The van der Waals surface area contributed by atoms with Crippen molar-refractivity contribution in [2.75, 3.05) is 13.1 Å². The third-order valence-electron chi connectivity index (χ3n) is 4.93. The van der Waals surface area contributed by atoms with E-state index in [9.17, 15) is 14.4 Å². The van der Waals surface area contributed by atoms with E-state index in [2.05, 4.69) is 5.32 Å². The van der Waals surface area contributed by atoms with Gasteiger partial charge in [-0.05, 0) is 38.3 Å². The first-order chi connectivity index (χ1) is 13.0. The molecule has 0 radical (unpaired) electrons. The van der Waals surface area contributed by atoms with Crippen LogP contribution in [0.1, 0.15) is 41.7 Å². The Labute approximate surface area is 162 Å². The quantitative estimate of drug-likeness (QED) is 0.827. The van der Waals surface area contributed by atoms with E-state index in [4.69, 9.17) is 0 Å². The number of likely N-dealkylation sites (tertiary alicyclic amines) is 1. The van der Waals surface area contributed by atoms with Gasteiger partial charge in [0.1, 0.15) is 0 Å². The second-order valence-electron chi connectivity index (χ2n) is 6.90. The Hall–Kier alpha value is -2.41. The summed E-state index contributed by atoms with van der Waals surface area (Å²) >= 11 is 1.19. The van der Waals surface area contributed by atoms with Crippen molar-refractivity contribution in [3.63, 3.8) is 0 Å². The highest BCUT2D eigenvalue weighted by molar-refractivity contribution is 7.07. The van der Waals surface area contributed by atoms with E-state index in [1.165, 1.54) is 11.3 Å². The molecule has 1 aliphatic rings. The van der Waals surface area contributed by atoms with E-state index in [0.717, 1.165) is 18.5 Å². The molecule has 1 aromatic carbocycles. The topological polar surface area (TPSA) is 71.4 Å². The molecule has 0 saturated carbocycles. The lowest BCUT2D eigenvalue weighted by molar-refractivity contribution is -0.122.